The average Bonchev–Trinajstić information content (AvgIpc) is 2.38. The highest BCUT2D eigenvalue weighted by Gasteiger charge is 2.31. The number of aliphatic hydroxyl groups is 1. The van der Waals surface area contributed by atoms with Gasteiger partial charge in [0.2, 0.25) is 5.91 Å². The Morgan fingerprint density at radius 2 is 1.85 bits per heavy atom. The Balaban J connectivity index is 2.46. The van der Waals surface area contributed by atoms with Gasteiger partial charge in [0.05, 0.1) is 12.1 Å². The Bertz CT molecular complexity index is 328. The molecule has 0 aromatic heterocycles. The lowest BCUT2D eigenvalue weighted by Gasteiger charge is -2.35. The largest absolute Gasteiger partial charge is 0.388 e. The minimum Gasteiger partial charge on any atom is -0.388 e. The number of hydrogen-bond acceptors (Lipinski definition) is 4. The van der Waals surface area contributed by atoms with Gasteiger partial charge in [0.15, 0.2) is 0 Å². The van der Waals surface area contributed by atoms with Crippen LogP contribution in [0.3, 0.4) is 0 Å². The molecule has 1 aliphatic rings. The number of carbonyl (C=O) groups excluding carboxylic acids is 1. The summed E-state index contributed by atoms with van der Waals surface area (Å²) < 4.78 is 5.25. The van der Waals surface area contributed by atoms with Crippen LogP contribution in [0, 0.1) is 0 Å². The molecule has 0 aromatic rings. The van der Waals surface area contributed by atoms with Crippen molar-refractivity contribution < 1.29 is 14.6 Å². The fourth-order valence-corrected chi connectivity index (χ4v) is 2.39. The number of ether oxygens (including phenoxy) is 1. The summed E-state index contributed by atoms with van der Waals surface area (Å²) in [5.74, 6) is 0.0166. The van der Waals surface area contributed by atoms with Crippen molar-refractivity contribution in [1.29, 1.82) is 0 Å². The van der Waals surface area contributed by atoms with Gasteiger partial charge in [-0.2, -0.15) is 0 Å². The van der Waals surface area contributed by atoms with Gasteiger partial charge in [-0.1, -0.05) is 12.2 Å². The molecule has 1 heterocycles. The number of amides is 1. The summed E-state index contributed by atoms with van der Waals surface area (Å²) in [6, 6.07) is 0. The second kappa shape index (κ2) is 8.19. The molecule has 20 heavy (non-hydrogen) atoms. The molecule has 1 amide bonds. The van der Waals surface area contributed by atoms with E-state index >= 15 is 0 Å². The molecular weight excluding hydrogens is 256 g/mol. The van der Waals surface area contributed by atoms with Crippen molar-refractivity contribution in [2.75, 3.05) is 46.4 Å². The van der Waals surface area contributed by atoms with E-state index in [9.17, 15) is 9.90 Å². The van der Waals surface area contributed by atoms with Crippen LogP contribution in [-0.4, -0.2) is 72.9 Å². The summed E-state index contributed by atoms with van der Waals surface area (Å²) >= 11 is 0. The quantitative estimate of drug-likeness (QED) is 0.665. The zero-order valence-electron chi connectivity index (χ0n) is 12.4. The highest BCUT2D eigenvalue weighted by Crippen LogP contribution is 2.21. The van der Waals surface area contributed by atoms with E-state index in [4.69, 9.17) is 4.74 Å². The molecule has 1 rings (SSSR count). The van der Waals surface area contributed by atoms with E-state index < -0.39 is 5.60 Å². The SMILES string of the molecule is C=CCN(CC=C)C(=O)CN(C)CC1(O)CCOCC1. The van der Waals surface area contributed by atoms with Gasteiger partial charge < -0.3 is 14.7 Å². The standard InChI is InChI=1S/C15H26N2O3/c1-4-8-17(9-5-2)14(18)12-16(3)13-15(19)6-10-20-11-7-15/h4-5,19H,1-2,6-13H2,3H3. The Morgan fingerprint density at radius 1 is 1.30 bits per heavy atom. The molecular formula is C15H26N2O3. The van der Waals surface area contributed by atoms with Crippen LogP contribution in [0.4, 0.5) is 0 Å². The third-order valence-electron chi connectivity index (χ3n) is 3.44. The molecule has 0 bridgehead atoms. The lowest BCUT2D eigenvalue weighted by molar-refractivity contribution is -0.132. The molecule has 1 saturated heterocycles. The Morgan fingerprint density at radius 3 is 2.35 bits per heavy atom. The lowest BCUT2D eigenvalue weighted by atomic mass is 9.94. The van der Waals surface area contributed by atoms with Crippen molar-refractivity contribution in [2.45, 2.75) is 18.4 Å². The van der Waals surface area contributed by atoms with Crippen LogP contribution in [0.25, 0.3) is 0 Å². The number of rotatable bonds is 8. The molecule has 0 aromatic carbocycles. The molecule has 0 aliphatic carbocycles. The Hall–Kier alpha value is -1.17. The molecule has 5 nitrogen and oxygen atoms in total. The van der Waals surface area contributed by atoms with Crippen LogP contribution >= 0.6 is 0 Å². The number of carbonyl (C=O) groups is 1. The first-order chi connectivity index (χ1) is 9.50. The van der Waals surface area contributed by atoms with Crippen LogP contribution in [0.2, 0.25) is 0 Å². The van der Waals surface area contributed by atoms with Crippen molar-refractivity contribution in [3.8, 4) is 0 Å². The predicted molar refractivity (Wildman–Crippen MR) is 79.5 cm³/mol. The van der Waals surface area contributed by atoms with Crippen LogP contribution in [0.15, 0.2) is 25.3 Å². The topological polar surface area (TPSA) is 53.0 Å². The summed E-state index contributed by atoms with van der Waals surface area (Å²) in [6.45, 7) is 10.3. The van der Waals surface area contributed by atoms with Crippen LogP contribution in [0.1, 0.15) is 12.8 Å². The van der Waals surface area contributed by atoms with Crippen molar-refractivity contribution in [1.82, 2.24) is 9.80 Å². The molecule has 0 spiro atoms. The van der Waals surface area contributed by atoms with Gasteiger partial charge in [-0.15, -0.1) is 13.2 Å². The van der Waals surface area contributed by atoms with E-state index in [1.165, 1.54) is 0 Å². The van der Waals surface area contributed by atoms with Gasteiger partial charge in [0.1, 0.15) is 0 Å². The lowest BCUT2D eigenvalue weighted by Crippen LogP contribution is -2.48. The fraction of sp³-hybridized carbons (Fsp3) is 0.667. The Labute approximate surface area is 121 Å². The molecule has 1 N–H and O–H groups in total. The van der Waals surface area contributed by atoms with Gasteiger partial charge in [0, 0.05) is 45.7 Å². The molecule has 1 fully saturated rings. The van der Waals surface area contributed by atoms with E-state index in [-0.39, 0.29) is 12.5 Å². The molecule has 0 atom stereocenters. The summed E-state index contributed by atoms with van der Waals surface area (Å²) in [5, 5.41) is 10.4. The summed E-state index contributed by atoms with van der Waals surface area (Å²) in [6.07, 6.45) is 4.64. The minimum absolute atomic E-state index is 0.0166. The second-order valence-corrected chi connectivity index (χ2v) is 5.39. The van der Waals surface area contributed by atoms with Gasteiger partial charge in [0.25, 0.3) is 0 Å². The maximum atomic E-state index is 12.2. The zero-order valence-corrected chi connectivity index (χ0v) is 12.4. The van der Waals surface area contributed by atoms with E-state index in [2.05, 4.69) is 13.2 Å². The summed E-state index contributed by atoms with van der Waals surface area (Å²) in [5.41, 5.74) is -0.741. The van der Waals surface area contributed by atoms with Crippen molar-refractivity contribution in [2.24, 2.45) is 0 Å². The number of hydrogen-bond donors (Lipinski definition) is 1. The number of nitrogens with zero attached hydrogens (tertiary/aromatic N) is 2. The maximum absolute atomic E-state index is 12.2. The maximum Gasteiger partial charge on any atom is 0.237 e. The average molecular weight is 282 g/mol. The fourth-order valence-electron chi connectivity index (χ4n) is 2.39. The van der Waals surface area contributed by atoms with E-state index in [1.807, 2.05) is 11.9 Å². The summed E-state index contributed by atoms with van der Waals surface area (Å²) in [4.78, 5) is 15.7. The van der Waals surface area contributed by atoms with Crippen LogP contribution in [0.5, 0.6) is 0 Å². The molecule has 0 radical (unpaired) electrons. The number of likely N-dealkylation sites (N-methyl/N-ethyl adjacent to an activating group) is 1. The van der Waals surface area contributed by atoms with Crippen LogP contribution < -0.4 is 0 Å². The van der Waals surface area contributed by atoms with Crippen molar-refractivity contribution >= 4 is 5.91 Å². The van der Waals surface area contributed by atoms with Crippen LogP contribution in [-0.2, 0) is 9.53 Å². The highest BCUT2D eigenvalue weighted by atomic mass is 16.5. The molecule has 0 saturated carbocycles. The molecule has 114 valence electrons. The van der Waals surface area contributed by atoms with Crippen molar-refractivity contribution in [3.63, 3.8) is 0 Å². The normalized spacial score (nSPS) is 17.8. The van der Waals surface area contributed by atoms with Gasteiger partial charge in [-0.25, -0.2) is 0 Å². The molecule has 5 heteroatoms. The van der Waals surface area contributed by atoms with Crippen molar-refractivity contribution in [3.05, 3.63) is 25.3 Å². The van der Waals surface area contributed by atoms with E-state index in [0.29, 0.717) is 45.7 Å². The smallest absolute Gasteiger partial charge is 0.237 e. The molecule has 1 aliphatic heterocycles. The first-order valence-electron chi connectivity index (χ1n) is 6.99. The van der Waals surface area contributed by atoms with E-state index in [0.717, 1.165) is 0 Å². The van der Waals surface area contributed by atoms with E-state index in [1.54, 1.807) is 17.1 Å². The van der Waals surface area contributed by atoms with Gasteiger partial charge in [-0.05, 0) is 7.05 Å². The monoisotopic (exact) mass is 282 g/mol. The second-order valence-electron chi connectivity index (χ2n) is 5.39. The first-order valence-corrected chi connectivity index (χ1v) is 6.99. The third-order valence-corrected chi connectivity index (χ3v) is 3.44. The third kappa shape index (κ3) is 5.45. The molecule has 0 unspecified atom stereocenters. The minimum atomic E-state index is -0.741. The van der Waals surface area contributed by atoms with Gasteiger partial charge >= 0.3 is 0 Å². The highest BCUT2D eigenvalue weighted by molar-refractivity contribution is 5.78. The predicted octanol–water partition coefficient (Wildman–Crippen LogP) is 0.660. The first kappa shape index (κ1) is 16.9. The summed E-state index contributed by atoms with van der Waals surface area (Å²) in [7, 11) is 1.85. The van der Waals surface area contributed by atoms with Gasteiger partial charge in [-0.3, -0.25) is 9.69 Å². The zero-order chi connectivity index (χ0) is 15.0. The Kier molecular flexibility index (Phi) is 6.91.